The molecule has 2 aliphatic rings. The van der Waals surface area contributed by atoms with Gasteiger partial charge in [0.15, 0.2) is 5.76 Å². The van der Waals surface area contributed by atoms with E-state index in [-0.39, 0.29) is 30.7 Å². The van der Waals surface area contributed by atoms with E-state index >= 15 is 0 Å². The number of fused-ring (bicyclic) bond motifs is 3. The molecule has 1 fully saturated rings. The smallest absolute Gasteiger partial charge is 0.246 e. The van der Waals surface area contributed by atoms with Crippen LogP contribution in [0, 0.1) is 0 Å². The van der Waals surface area contributed by atoms with E-state index in [1.807, 2.05) is 48.5 Å². The molecule has 0 unspecified atom stereocenters. The van der Waals surface area contributed by atoms with Crippen LogP contribution in [0.2, 0.25) is 0 Å². The molecule has 0 saturated carbocycles. The van der Waals surface area contributed by atoms with E-state index in [1.54, 1.807) is 22.0 Å². The highest BCUT2D eigenvalue weighted by molar-refractivity contribution is 5.92. The number of carbonyl (C=O) groups is 3. The Morgan fingerprint density at radius 1 is 1.00 bits per heavy atom. The molecular formula is C29H33N9O4. The number of rotatable bonds is 5. The molecule has 13 heteroatoms. The van der Waals surface area contributed by atoms with Crippen LogP contribution in [0.1, 0.15) is 29.9 Å². The van der Waals surface area contributed by atoms with Gasteiger partial charge in [-0.1, -0.05) is 35.5 Å². The number of hydrogen-bond acceptors (Lipinski definition) is 8. The van der Waals surface area contributed by atoms with Gasteiger partial charge in [-0.25, -0.2) is 0 Å². The number of nitrogens with zero attached hydrogens (tertiary/aromatic N) is 6. The van der Waals surface area contributed by atoms with E-state index < -0.39 is 12.1 Å². The lowest BCUT2D eigenvalue weighted by molar-refractivity contribution is -0.146. The van der Waals surface area contributed by atoms with Crippen LogP contribution >= 0.6 is 0 Å². The fourth-order valence-electron chi connectivity index (χ4n) is 5.43. The van der Waals surface area contributed by atoms with E-state index in [1.165, 1.54) is 0 Å². The van der Waals surface area contributed by atoms with Crippen LogP contribution in [-0.4, -0.2) is 84.4 Å². The maximum Gasteiger partial charge on any atom is 0.246 e. The van der Waals surface area contributed by atoms with E-state index in [4.69, 9.17) is 4.42 Å². The van der Waals surface area contributed by atoms with Gasteiger partial charge in [-0.15, -0.1) is 5.10 Å². The molecule has 42 heavy (non-hydrogen) atoms. The zero-order valence-electron chi connectivity index (χ0n) is 23.1. The number of carbonyl (C=O) groups excluding carboxylic acids is 3. The largest absolute Gasteiger partial charge is 0.458 e. The fraction of sp³-hybridized carbons (Fsp3) is 0.379. The van der Waals surface area contributed by atoms with Gasteiger partial charge in [0.25, 0.3) is 0 Å². The minimum atomic E-state index is -0.800. The third kappa shape index (κ3) is 6.41. The monoisotopic (exact) mass is 571 g/mol. The molecule has 2 atom stereocenters. The molecule has 5 heterocycles. The molecule has 2 bridgehead atoms. The Hall–Kier alpha value is -4.78. The standard InChI is InChI=1S/C29H33N9O4/c39-27-7-4-12-37-17-21(33-35-37)16-30-28(40)25-19-36(18-22-8-9-26(42-22)23-10-11-31-34-23)13-14-38(25)29(41)24(32-27)15-20-5-2-1-3-6-20/h1-3,5-6,8-11,17,24-25H,4,7,12-16,18-19H2,(H,30,40)(H,31,34)(H,32,39)/t24-,25+/m0/s1. The maximum absolute atomic E-state index is 14.1. The van der Waals surface area contributed by atoms with Gasteiger partial charge in [0.05, 0.1) is 19.3 Å². The van der Waals surface area contributed by atoms with Gasteiger partial charge >= 0.3 is 0 Å². The fourth-order valence-corrected chi connectivity index (χ4v) is 5.43. The Labute approximate surface area is 242 Å². The number of amides is 3. The van der Waals surface area contributed by atoms with Crippen molar-refractivity contribution in [2.24, 2.45) is 0 Å². The molecule has 3 N–H and O–H groups in total. The summed E-state index contributed by atoms with van der Waals surface area (Å²) in [7, 11) is 0. The Kier molecular flexibility index (Phi) is 8.08. The second-order valence-electron chi connectivity index (χ2n) is 10.6. The van der Waals surface area contributed by atoms with Crippen LogP contribution in [0.5, 0.6) is 0 Å². The Morgan fingerprint density at radius 2 is 1.88 bits per heavy atom. The van der Waals surface area contributed by atoms with Gasteiger partial charge in [-0.2, -0.15) is 5.10 Å². The summed E-state index contributed by atoms with van der Waals surface area (Å²) in [5, 5.41) is 21.0. The Morgan fingerprint density at radius 3 is 2.71 bits per heavy atom. The second kappa shape index (κ2) is 12.4. The van der Waals surface area contributed by atoms with Crippen molar-refractivity contribution in [2.45, 2.75) is 51.0 Å². The minimum Gasteiger partial charge on any atom is -0.458 e. The van der Waals surface area contributed by atoms with Crippen molar-refractivity contribution >= 4 is 17.7 Å². The molecule has 3 amide bonds. The van der Waals surface area contributed by atoms with Crippen molar-refractivity contribution in [1.29, 1.82) is 0 Å². The molecule has 0 radical (unpaired) electrons. The number of furan rings is 1. The van der Waals surface area contributed by atoms with Crippen molar-refractivity contribution in [3.8, 4) is 11.5 Å². The van der Waals surface area contributed by atoms with Gasteiger partial charge in [0.2, 0.25) is 17.7 Å². The maximum atomic E-state index is 14.1. The zero-order chi connectivity index (χ0) is 28.9. The molecule has 4 aromatic rings. The molecule has 3 aromatic heterocycles. The SMILES string of the molecule is O=C1CCCn2cc(nn2)CNC(=O)[C@H]2CN(Cc3ccc(-c4ccn[nH]4)o3)CCN2C(=O)[C@H](Cc2ccccc2)N1. The quantitative estimate of drug-likeness (QED) is 0.322. The average molecular weight is 572 g/mol. The van der Waals surface area contributed by atoms with Crippen molar-refractivity contribution in [3.63, 3.8) is 0 Å². The van der Waals surface area contributed by atoms with Gasteiger partial charge in [0, 0.05) is 45.2 Å². The number of benzene rings is 1. The summed E-state index contributed by atoms with van der Waals surface area (Å²) in [6.07, 6.45) is 4.54. The predicted octanol–water partition coefficient (Wildman–Crippen LogP) is 1.11. The molecule has 0 aliphatic carbocycles. The van der Waals surface area contributed by atoms with Crippen LogP contribution < -0.4 is 10.6 Å². The van der Waals surface area contributed by atoms with Crippen molar-refractivity contribution < 1.29 is 18.8 Å². The summed E-state index contributed by atoms with van der Waals surface area (Å²) in [6, 6.07) is 13.6. The lowest BCUT2D eigenvalue weighted by Crippen LogP contribution is -2.63. The van der Waals surface area contributed by atoms with E-state index in [0.29, 0.717) is 57.0 Å². The number of aryl methyl sites for hydroxylation is 1. The molecule has 218 valence electrons. The first-order valence-corrected chi connectivity index (χ1v) is 14.1. The summed E-state index contributed by atoms with van der Waals surface area (Å²) in [6.45, 7) is 2.32. The van der Waals surface area contributed by atoms with E-state index in [2.05, 4.69) is 36.0 Å². The Bertz CT molecular complexity index is 1510. The van der Waals surface area contributed by atoms with E-state index in [0.717, 1.165) is 17.0 Å². The van der Waals surface area contributed by atoms with Crippen molar-refractivity contribution in [3.05, 3.63) is 77.9 Å². The summed E-state index contributed by atoms with van der Waals surface area (Å²) >= 11 is 0. The topological polar surface area (TPSA) is 154 Å². The van der Waals surface area contributed by atoms with Gasteiger partial charge in [-0.3, -0.25) is 29.1 Å². The first kappa shape index (κ1) is 27.4. The number of H-pyrrole nitrogens is 1. The van der Waals surface area contributed by atoms with Gasteiger partial charge in [0.1, 0.15) is 29.2 Å². The second-order valence-corrected chi connectivity index (χ2v) is 10.6. The molecule has 1 aromatic carbocycles. The zero-order valence-corrected chi connectivity index (χ0v) is 23.1. The van der Waals surface area contributed by atoms with Crippen LogP contribution in [0.3, 0.4) is 0 Å². The van der Waals surface area contributed by atoms with Crippen molar-refractivity contribution in [2.75, 3.05) is 19.6 Å². The molecule has 6 rings (SSSR count). The highest BCUT2D eigenvalue weighted by Gasteiger charge is 2.38. The Balaban J connectivity index is 1.24. The highest BCUT2D eigenvalue weighted by Crippen LogP contribution is 2.22. The summed E-state index contributed by atoms with van der Waals surface area (Å²) in [5.74, 6) is 0.633. The third-order valence-electron chi connectivity index (χ3n) is 7.59. The first-order valence-electron chi connectivity index (χ1n) is 14.1. The number of hydrogen-bond donors (Lipinski definition) is 3. The van der Waals surface area contributed by atoms with Crippen LogP contribution in [-0.2, 0) is 40.4 Å². The summed E-state index contributed by atoms with van der Waals surface area (Å²) in [4.78, 5) is 44.4. The third-order valence-corrected chi connectivity index (χ3v) is 7.59. The minimum absolute atomic E-state index is 0.188. The molecule has 1 saturated heterocycles. The predicted molar refractivity (Wildman–Crippen MR) is 150 cm³/mol. The summed E-state index contributed by atoms with van der Waals surface area (Å²) in [5.41, 5.74) is 2.31. The van der Waals surface area contributed by atoms with Gasteiger partial charge < -0.3 is 20.0 Å². The van der Waals surface area contributed by atoms with E-state index in [9.17, 15) is 14.4 Å². The van der Waals surface area contributed by atoms with Crippen LogP contribution in [0.4, 0.5) is 0 Å². The highest BCUT2D eigenvalue weighted by atomic mass is 16.3. The number of piperazine rings is 1. The molecular weight excluding hydrogens is 538 g/mol. The number of aromatic amines is 1. The molecule has 2 aliphatic heterocycles. The molecule has 0 spiro atoms. The number of aromatic nitrogens is 5. The normalized spacial score (nSPS) is 20.8. The number of nitrogens with one attached hydrogen (secondary N) is 3. The van der Waals surface area contributed by atoms with Crippen LogP contribution in [0.15, 0.2) is 65.3 Å². The van der Waals surface area contributed by atoms with Crippen molar-refractivity contribution in [1.82, 2.24) is 45.6 Å². The average Bonchev–Trinajstić information content (AvgIpc) is 3.78. The lowest BCUT2D eigenvalue weighted by Gasteiger charge is -2.41. The van der Waals surface area contributed by atoms with Gasteiger partial charge in [-0.05, 0) is 30.2 Å². The lowest BCUT2D eigenvalue weighted by atomic mass is 10.0. The molecule has 13 nitrogen and oxygen atoms in total. The first-order chi connectivity index (χ1) is 20.5. The summed E-state index contributed by atoms with van der Waals surface area (Å²) < 4.78 is 7.68. The van der Waals surface area contributed by atoms with Crippen LogP contribution in [0.25, 0.3) is 11.5 Å².